The van der Waals surface area contributed by atoms with Gasteiger partial charge in [-0.05, 0) is 13.3 Å². The van der Waals surface area contributed by atoms with Crippen LogP contribution in [0, 0.1) is 29.1 Å². The van der Waals surface area contributed by atoms with Crippen molar-refractivity contribution in [3.63, 3.8) is 0 Å². The van der Waals surface area contributed by atoms with Gasteiger partial charge in [0.15, 0.2) is 23.3 Å². The van der Waals surface area contributed by atoms with Gasteiger partial charge in [-0.1, -0.05) is 5.57 Å². The van der Waals surface area contributed by atoms with E-state index in [9.17, 15) is 27.1 Å². The van der Waals surface area contributed by atoms with E-state index < -0.39 is 40.8 Å². The standard InChI is InChI=1S/C11H9F5O/c1-4(2)3-5(17)6-7(12)9(14)11(16)10(15)8(6)13/h5,17H,1,3H2,2H3. The number of rotatable bonds is 3. The fraction of sp³-hybridized carbons (Fsp3) is 0.273. The van der Waals surface area contributed by atoms with Gasteiger partial charge in [0.05, 0.1) is 11.7 Å². The number of hydrogen-bond acceptors (Lipinski definition) is 1. The van der Waals surface area contributed by atoms with Crippen LogP contribution in [0.25, 0.3) is 0 Å². The molecule has 0 saturated heterocycles. The molecular formula is C11H9F5O. The van der Waals surface area contributed by atoms with Gasteiger partial charge in [0.2, 0.25) is 5.82 Å². The second-order valence-corrected chi connectivity index (χ2v) is 3.66. The number of benzene rings is 1. The van der Waals surface area contributed by atoms with Crippen LogP contribution in [0.2, 0.25) is 0 Å². The Labute approximate surface area is 94.2 Å². The van der Waals surface area contributed by atoms with E-state index in [-0.39, 0.29) is 6.42 Å². The normalized spacial score (nSPS) is 12.6. The molecule has 0 aliphatic heterocycles. The van der Waals surface area contributed by atoms with Crippen LogP contribution in [0.4, 0.5) is 22.0 Å². The monoisotopic (exact) mass is 252 g/mol. The Kier molecular flexibility index (Phi) is 3.87. The highest BCUT2D eigenvalue weighted by molar-refractivity contribution is 5.26. The van der Waals surface area contributed by atoms with Crippen molar-refractivity contribution in [2.75, 3.05) is 0 Å². The molecule has 0 aromatic heterocycles. The first-order valence-electron chi connectivity index (χ1n) is 4.61. The largest absolute Gasteiger partial charge is 0.388 e. The smallest absolute Gasteiger partial charge is 0.200 e. The summed E-state index contributed by atoms with van der Waals surface area (Å²) in [5.41, 5.74) is -0.883. The van der Waals surface area contributed by atoms with E-state index in [4.69, 9.17) is 0 Å². The molecule has 0 aliphatic carbocycles. The van der Waals surface area contributed by atoms with Crippen LogP contribution in [-0.2, 0) is 0 Å². The molecule has 17 heavy (non-hydrogen) atoms. The fourth-order valence-electron chi connectivity index (χ4n) is 1.35. The first-order chi connectivity index (χ1) is 7.77. The molecule has 1 rings (SSSR count). The quantitative estimate of drug-likeness (QED) is 0.378. The highest BCUT2D eigenvalue weighted by atomic mass is 19.2. The molecule has 6 heteroatoms. The summed E-state index contributed by atoms with van der Waals surface area (Å²) in [6.45, 7) is 4.83. The molecular weight excluding hydrogens is 243 g/mol. The van der Waals surface area contributed by atoms with Crippen LogP contribution in [0.5, 0.6) is 0 Å². The SMILES string of the molecule is C=C(C)CC(O)c1c(F)c(F)c(F)c(F)c1F. The lowest BCUT2D eigenvalue weighted by molar-refractivity contribution is 0.164. The van der Waals surface area contributed by atoms with E-state index in [1.807, 2.05) is 0 Å². The first kappa shape index (κ1) is 13.6. The molecule has 0 bridgehead atoms. The molecule has 1 aromatic carbocycles. The fourth-order valence-corrected chi connectivity index (χ4v) is 1.35. The zero-order chi connectivity index (χ0) is 13.3. The number of aliphatic hydroxyl groups excluding tert-OH is 1. The van der Waals surface area contributed by atoms with Crippen molar-refractivity contribution in [2.45, 2.75) is 19.4 Å². The summed E-state index contributed by atoms with van der Waals surface area (Å²) in [6, 6.07) is 0. The van der Waals surface area contributed by atoms with Gasteiger partial charge in [0.1, 0.15) is 0 Å². The van der Waals surface area contributed by atoms with Gasteiger partial charge in [-0.3, -0.25) is 0 Å². The lowest BCUT2D eigenvalue weighted by Gasteiger charge is -2.14. The summed E-state index contributed by atoms with van der Waals surface area (Å²) in [5, 5.41) is 9.40. The van der Waals surface area contributed by atoms with Crippen molar-refractivity contribution in [2.24, 2.45) is 0 Å². The summed E-state index contributed by atoms with van der Waals surface area (Å²) < 4.78 is 64.7. The Morgan fingerprint density at radius 1 is 1.00 bits per heavy atom. The number of hydrogen-bond donors (Lipinski definition) is 1. The lowest BCUT2D eigenvalue weighted by atomic mass is 10.0. The van der Waals surface area contributed by atoms with Gasteiger partial charge in [0.25, 0.3) is 0 Å². The van der Waals surface area contributed by atoms with Crippen LogP contribution >= 0.6 is 0 Å². The van der Waals surface area contributed by atoms with Crippen LogP contribution in [0.15, 0.2) is 12.2 Å². The average molecular weight is 252 g/mol. The van der Waals surface area contributed by atoms with Crippen molar-refractivity contribution in [3.8, 4) is 0 Å². The van der Waals surface area contributed by atoms with E-state index in [2.05, 4.69) is 6.58 Å². The van der Waals surface area contributed by atoms with Crippen molar-refractivity contribution in [3.05, 3.63) is 46.8 Å². The maximum atomic E-state index is 13.2. The average Bonchev–Trinajstić information content (AvgIpc) is 2.23. The summed E-state index contributed by atoms with van der Waals surface area (Å²) in [5.74, 6) is -10.4. The topological polar surface area (TPSA) is 20.2 Å². The maximum Gasteiger partial charge on any atom is 0.200 e. The van der Waals surface area contributed by atoms with E-state index in [0.717, 1.165) is 0 Å². The third kappa shape index (κ3) is 2.46. The first-order valence-corrected chi connectivity index (χ1v) is 4.61. The van der Waals surface area contributed by atoms with Gasteiger partial charge < -0.3 is 5.11 Å². The van der Waals surface area contributed by atoms with Crippen molar-refractivity contribution < 1.29 is 27.1 Å². The third-order valence-corrected chi connectivity index (χ3v) is 2.12. The molecule has 1 aromatic rings. The van der Waals surface area contributed by atoms with Gasteiger partial charge in [-0.2, -0.15) is 0 Å². The number of halogens is 5. The molecule has 1 atom stereocenters. The van der Waals surface area contributed by atoms with Crippen LogP contribution < -0.4 is 0 Å². The predicted octanol–water partition coefficient (Wildman–Crippen LogP) is 3.38. The Hall–Kier alpha value is -1.43. The molecule has 1 N–H and O–H groups in total. The Morgan fingerprint density at radius 3 is 1.71 bits per heavy atom. The second kappa shape index (κ2) is 4.83. The molecule has 0 heterocycles. The maximum absolute atomic E-state index is 13.2. The van der Waals surface area contributed by atoms with Crippen molar-refractivity contribution in [1.29, 1.82) is 0 Å². The Balaban J connectivity index is 3.38. The molecule has 0 saturated carbocycles. The van der Waals surface area contributed by atoms with E-state index in [1.54, 1.807) is 0 Å². The lowest BCUT2D eigenvalue weighted by Crippen LogP contribution is -2.11. The summed E-state index contributed by atoms with van der Waals surface area (Å²) in [7, 11) is 0. The molecule has 0 spiro atoms. The molecule has 1 unspecified atom stereocenters. The molecule has 94 valence electrons. The van der Waals surface area contributed by atoms with Gasteiger partial charge >= 0.3 is 0 Å². The zero-order valence-electron chi connectivity index (χ0n) is 8.83. The highest BCUT2D eigenvalue weighted by Crippen LogP contribution is 2.30. The molecule has 0 amide bonds. The Morgan fingerprint density at radius 2 is 1.35 bits per heavy atom. The summed E-state index contributed by atoms with van der Waals surface area (Å²) in [6.07, 6.45) is -2.12. The summed E-state index contributed by atoms with van der Waals surface area (Å²) >= 11 is 0. The minimum Gasteiger partial charge on any atom is -0.388 e. The molecule has 0 aliphatic rings. The van der Waals surface area contributed by atoms with E-state index in [1.165, 1.54) is 6.92 Å². The molecule has 0 fully saturated rings. The van der Waals surface area contributed by atoms with Crippen LogP contribution in [0.1, 0.15) is 25.0 Å². The van der Waals surface area contributed by atoms with Crippen LogP contribution in [0.3, 0.4) is 0 Å². The predicted molar refractivity (Wildman–Crippen MR) is 50.6 cm³/mol. The van der Waals surface area contributed by atoms with E-state index >= 15 is 0 Å². The van der Waals surface area contributed by atoms with Gasteiger partial charge in [-0.15, -0.1) is 6.58 Å². The van der Waals surface area contributed by atoms with Crippen molar-refractivity contribution >= 4 is 0 Å². The van der Waals surface area contributed by atoms with Crippen molar-refractivity contribution in [1.82, 2.24) is 0 Å². The summed E-state index contributed by atoms with van der Waals surface area (Å²) in [4.78, 5) is 0. The number of aliphatic hydroxyl groups is 1. The van der Waals surface area contributed by atoms with Gasteiger partial charge in [0, 0.05) is 0 Å². The minimum atomic E-state index is -2.24. The van der Waals surface area contributed by atoms with Gasteiger partial charge in [-0.25, -0.2) is 22.0 Å². The Bertz CT molecular complexity index is 440. The minimum absolute atomic E-state index is 0.293. The molecule has 1 nitrogen and oxygen atoms in total. The zero-order valence-corrected chi connectivity index (χ0v) is 8.83. The molecule has 0 radical (unpaired) electrons. The van der Waals surface area contributed by atoms with Crippen LogP contribution in [-0.4, -0.2) is 5.11 Å². The second-order valence-electron chi connectivity index (χ2n) is 3.66. The third-order valence-electron chi connectivity index (χ3n) is 2.12. The highest BCUT2D eigenvalue weighted by Gasteiger charge is 2.29. The van der Waals surface area contributed by atoms with E-state index in [0.29, 0.717) is 5.57 Å².